The van der Waals surface area contributed by atoms with Crippen molar-refractivity contribution >= 4 is 94.3 Å². The van der Waals surface area contributed by atoms with Gasteiger partial charge in [0.1, 0.15) is 0 Å². The Morgan fingerprint density at radius 2 is 1.25 bits per heavy atom. The molecule has 3 aromatic heterocycles. The number of benzene rings is 7. The summed E-state index contributed by atoms with van der Waals surface area (Å²) in [5.41, 5.74) is 9.00. The van der Waals surface area contributed by atoms with Crippen LogP contribution in [0.25, 0.3) is 75.2 Å². The van der Waals surface area contributed by atoms with E-state index in [9.17, 15) is 0 Å². The highest BCUT2D eigenvalue weighted by atomic mass is 32.1. The predicted molar refractivity (Wildman–Crippen MR) is 224 cm³/mol. The van der Waals surface area contributed by atoms with Crippen molar-refractivity contribution in [2.24, 2.45) is 0 Å². The molecular weight excluding hydrogens is 665 g/mol. The van der Waals surface area contributed by atoms with E-state index < -0.39 is 8.80 Å². The van der Waals surface area contributed by atoms with Gasteiger partial charge in [-0.3, -0.25) is 0 Å². The van der Waals surface area contributed by atoms with Crippen molar-refractivity contribution in [3.63, 3.8) is 0 Å². The van der Waals surface area contributed by atoms with Crippen LogP contribution in [0.2, 0.25) is 0 Å². The van der Waals surface area contributed by atoms with E-state index in [0.717, 1.165) is 6.42 Å². The standard InChI is InChI=1S/C48H31N2SSi/c1-2-13-31(14-3-1)49-41-22-10-20-35-30-12-8-16-33(26-30)52(46-25-11-23-42(49)48(46)47(35)41)34-17-9-15-32(27-34)50-40-21-6-4-18-36(40)38-28-39-37-19-5-7-24-44(37)51-45(39)29-43(38)50/h1-25,27-30H,26H2. The average Bonchev–Trinajstić information content (AvgIpc) is 3.85. The van der Waals surface area contributed by atoms with Gasteiger partial charge in [-0.25, -0.2) is 0 Å². The minimum absolute atomic E-state index is 0.358. The van der Waals surface area contributed by atoms with Gasteiger partial charge in [-0.1, -0.05) is 114 Å². The molecule has 10 aromatic rings. The van der Waals surface area contributed by atoms with Gasteiger partial charge in [0.15, 0.2) is 8.80 Å². The van der Waals surface area contributed by atoms with Gasteiger partial charge < -0.3 is 9.13 Å². The van der Waals surface area contributed by atoms with Crippen LogP contribution >= 0.6 is 11.3 Å². The lowest BCUT2D eigenvalue weighted by molar-refractivity contribution is 0.847. The Hall–Kier alpha value is -5.94. The van der Waals surface area contributed by atoms with Crippen molar-refractivity contribution in [2.45, 2.75) is 12.3 Å². The number of hydrogen-bond donors (Lipinski definition) is 0. The highest BCUT2D eigenvalue weighted by molar-refractivity contribution is 7.25. The number of aromatic nitrogens is 2. The molecule has 2 aliphatic rings. The third kappa shape index (κ3) is 3.94. The molecule has 1 radical (unpaired) electrons. The maximum atomic E-state index is 2.52. The maximum absolute atomic E-state index is 2.52. The van der Waals surface area contributed by atoms with Crippen LogP contribution in [-0.4, -0.2) is 17.9 Å². The summed E-state index contributed by atoms with van der Waals surface area (Å²) >= 11 is 1.90. The highest BCUT2D eigenvalue weighted by Gasteiger charge is 2.33. The molecular formula is C48H31N2SSi. The Kier molecular flexibility index (Phi) is 5.96. The van der Waals surface area contributed by atoms with Crippen molar-refractivity contribution in [1.29, 1.82) is 0 Å². The Bertz CT molecular complexity index is 3170. The molecule has 52 heavy (non-hydrogen) atoms. The zero-order valence-electron chi connectivity index (χ0n) is 28.3. The third-order valence-corrected chi connectivity index (χ3v) is 15.5. The van der Waals surface area contributed by atoms with Gasteiger partial charge in [-0.15, -0.1) is 11.3 Å². The number of para-hydroxylation sites is 2. The van der Waals surface area contributed by atoms with Gasteiger partial charge >= 0.3 is 0 Å². The molecule has 0 amide bonds. The molecule has 4 heteroatoms. The fourth-order valence-corrected chi connectivity index (χ4v) is 13.5. The van der Waals surface area contributed by atoms with E-state index in [1.165, 1.54) is 91.1 Å². The molecule has 4 heterocycles. The lowest BCUT2D eigenvalue weighted by Crippen LogP contribution is -2.46. The lowest BCUT2D eigenvalue weighted by atomic mass is 9.89. The van der Waals surface area contributed by atoms with Crippen LogP contribution in [0, 0.1) is 0 Å². The number of thiophene rings is 1. The van der Waals surface area contributed by atoms with Gasteiger partial charge in [0.2, 0.25) is 0 Å². The van der Waals surface area contributed by atoms with Crippen molar-refractivity contribution in [1.82, 2.24) is 9.13 Å². The molecule has 12 rings (SSSR count). The molecule has 0 fully saturated rings. The molecule has 1 aliphatic heterocycles. The van der Waals surface area contributed by atoms with Crippen LogP contribution in [0.3, 0.4) is 0 Å². The van der Waals surface area contributed by atoms with E-state index in [4.69, 9.17) is 0 Å². The number of allylic oxidation sites excluding steroid dienone is 4. The molecule has 7 aromatic carbocycles. The summed E-state index contributed by atoms with van der Waals surface area (Å²) in [6, 6.07) is 57.1. The van der Waals surface area contributed by atoms with E-state index in [1.54, 1.807) is 5.20 Å². The Balaban J connectivity index is 1.13. The second kappa shape index (κ2) is 10.8. The van der Waals surface area contributed by atoms with Crippen LogP contribution in [0.5, 0.6) is 0 Å². The molecule has 0 N–H and O–H groups in total. The fourth-order valence-electron chi connectivity index (χ4n) is 9.37. The molecule has 0 saturated carbocycles. The predicted octanol–water partition coefficient (Wildman–Crippen LogP) is 11.4. The summed E-state index contributed by atoms with van der Waals surface area (Å²) in [4.78, 5) is 0. The zero-order valence-corrected chi connectivity index (χ0v) is 30.1. The third-order valence-electron chi connectivity index (χ3n) is 11.5. The number of rotatable bonds is 3. The van der Waals surface area contributed by atoms with Gasteiger partial charge in [-0.05, 0) is 83.0 Å². The number of fused-ring (bicyclic) bond motifs is 9. The summed E-state index contributed by atoms with van der Waals surface area (Å²) in [5, 5.41) is 12.6. The van der Waals surface area contributed by atoms with Gasteiger partial charge in [0, 0.05) is 59.0 Å². The smallest absolute Gasteiger partial charge is 0.151 e. The van der Waals surface area contributed by atoms with Crippen molar-refractivity contribution in [2.75, 3.05) is 0 Å². The molecule has 1 aliphatic carbocycles. The van der Waals surface area contributed by atoms with Crippen LogP contribution in [0.1, 0.15) is 17.9 Å². The van der Waals surface area contributed by atoms with Crippen molar-refractivity contribution in [3.8, 4) is 11.4 Å². The SMILES string of the molecule is C1=CC2CC(=C1)[Si](c1cccc(-n3c4ccccc4c4cc5c(cc43)sc3ccccc35)c1)c1cccc3c1c1c2cccc1n3-c1ccccc1. The summed E-state index contributed by atoms with van der Waals surface area (Å²) in [7, 11) is -1.34. The Labute approximate surface area is 306 Å². The largest absolute Gasteiger partial charge is 0.309 e. The van der Waals surface area contributed by atoms with Crippen molar-refractivity contribution in [3.05, 3.63) is 181 Å². The Morgan fingerprint density at radius 1 is 0.519 bits per heavy atom. The average molecular weight is 696 g/mol. The molecule has 1 atom stereocenters. The first-order valence-electron chi connectivity index (χ1n) is 18.1. The minimum Gasteiger partial charge on any atom is -0.309 e. The van der Waals surface area contributed by atoms with E-state index in [1.807, 2.05) is 11.3 Å². The first-order chi connectivity index (χ1) is 25.8. The second-order valence-corrected chi connectivity index (χ2v) is 17.8. The summed E-state index contributed by atoms with van der Waals surface area (Å²) < 4.78 is 7.69. The van der Waals surface area contributed by atoms with Gasteiger partial charge in [0.25, 0.3) is 0 Å². The first-order valence-corrected chi connectivity index (χ1v) is 20.4. The topological polar surface area (TPSA) is 9.86 Å². The van der Waals surface area contributed by atoms with E-state index in [2.05, 4.69) is 179 Å². The van der Waals surface area contributed by atoms with E-state index >= 15 is 0 Å². The fraction of sp³-hybridized carbons (Fsp3) is 0.0417. The van der Waals surface area contributed by atoms with Crippen LogP contribution in [0.4, 0.5) is 0 Å². The molecule has 0 spiro atoms. The van der Waals surface area contributed by atoms with E-state index in [-0.39, 0.29) is 0 Å². The van der Waals surface area contributed by atoms with Gasteiger partial charge in [0.05, 0.1) is 22.1 Å². The van der Waals surface area contributed by atoms with Crippen LogP contribution in [0.15, 0.2) is 175 Å². The summed E-state index contributed by atoms with van der Waals surface area (Å²) in [6.07, 6.45) is 8.26. The van der Waals surface area contributed by atoms with Gasteiger partial charge in [-0.2, -0.15) is 0 Å². The first kappa shape index (κ1) is 28.7. The molecule has 243 valence electrons. The Morgan fingerprint density at radius 3 is 2.17 bits per heavy atom. The zero-order chi connectivity index (χ0) is 33.9. The summed E-state index contributed by atoms with van der Waals surface area (Å²) in [5.74, 6) is 0.358. The maximum Gasteiger partial charge on any atom is 0.151 e. The second-order valence-electron chi connectivity index (χ2n) is 14.2. The van der Waals surface area contributed by atoms with Crippen molar-refractivity contribution < 1.29 is 0 Å². The van der Waals surface area contributed by atoms with Crippen LogP contribution in [-0.2, 0) is 0 Å². The quantitative estimate of drug-likeness (QED) is 0.163. The number of hydrogen-bond acceptors (Lipinski definition) is 1. The normalized spacial score (nSPS) is 15.8. The molecule has 1 unspecified atom stereocenters. The molecule has 0 saturated heterocycles. The monoisotopic (exact) mass is 695 g/mol. The van der Waals surface area contributed by atoms with Crippen LogP contribution < -0.4 is 10.4 Å². The molecule has 2 bridgehead atoms. The lowest BCUT2D eigenvalue weighted by Gasteiger charge is -2.29. The number of nitrogens with zero attached hydrogens (tertiary/aromatic N) is 2. The van der Waals surface area contributed by atoms with E-state index in [0.29, 0.717) is 5.92 Å². The highest BCUT2D eigenvalue weighted by Crippen LogP contribution is 2.43. The molecule has 2 nitrogen and oxygen atoms in total. The summed E-state index contributed by atoms with van der Waals surface area (Å²) in [6.45, 7) is 0. The minimum atomic E-state index is -1.34.